The number of anilines is 1. The Labute approximate surface area is 187 Å². The molecule has 1 aromatic heterocycles. The van der Waals surface area contributed by atoms with E-state index in [9.17, 15) is 14.0 Å². The molecule has 0 aliphatic carbocycles. The van der Waals surface area contributed by atoms with Gasteiger partial charge in [-0.1, -0.05) is 23.7 Å². The van der Waals surface area contributed by atoms with Gasteiger partial charge in [-0.3, -0.25) is 9.59 Å². The highest BCUT2D eigenvalue weighted by Gasteiger charge is 2.24. The average Bonchev–Trinajstić information content (AvgIpc) is 3.16. The molecule has 0 fully saturated rings. The Balaban J connectivity index is 1.61. The minimum atomic E-state index is -0.511. The Morgan fingerprint density at radius 2 is 1.81 bits per heavy atom. The van der Waals surface area contributed by atoms with E-state index in [4.69, 9.17) is 25.5 Å². The lowest BCUT2D eigenvalue weighted by Crippen LogP contribution is -2.21. The first kappa shape index (κ1) is 21.4. The van der Waals surface area contributed by atoms with E-state index in [0.29, 0.717) is 22.5 Å². The molecular formula is C24H17ClFNO5. The molecule has 0 radical (unpaired) electrons. The molecule has 3 aromatic carbocycles. The van der Waals surface area contributed by atoms with E-state index in [1.807, 2.05) is 0 Å². The van der Waals surface area contributed by atoms with Crippen LogP contribution in [0.2, 0.25) is 5.02 Å². The molecule has 0 atom stereocenters. The maximum Gasteiger partial charge on any atom is 0.262 e. The number of nitrogens with one attached hydrogen (secondary N) is 1. The van der Waals surface area contributed by atoms with E-state index in [1.165, 1.54) is 37.4 Å². The molecule has 1 heterocycles. The predicted octanol–water partition coefficient (Wildman–Crippen LogP) is 5.48. The zero-order valence-corrected chi connectivity index (χ0v) is 17.6. The summed E-state index contributed by atoms with van der Waals surface area (Å²) in [6.45, 7) is -0.340. The number of carbonyl (C=O) groups is 2. The maximum absolute atomic E-state index is 13.2. The van der Waals surface area contributed by atoms with E-state index in [1.54, 1.807) is 36.4 Å². The Bertz CT molecular complexity index is 1300. The highest BCUT2D eigenvalue weighted by Crippen LogP contribution is 2.34. The lowest BCUT2D eigenvalue weighted by atomic mass is 10.1. The number of carbonyl (C=O) groups excluding carboxylic acids is 2. The number of amides is 1. The molecule has 0 saturated carbocycles. The van der Waals surface area contributed by atoms with Gasteiger partial charge < -0.3 is 19.2 Å². The molecule has 4 rings (SSSR count). The first-order valence-corrected chi connectivity index (χ1v) is 9.92. The molecule has 162 valence electrons. The molecule has 6 nitrogen and oxygen atoms in total. The van der Waals surface area contributed by atoms with Crippen LogP contribution < -0.4 is 14.8 Å². The maximum atomic E-state index is 13.2. The van der Waals surface area contributed by atoms with Crippen LogP contribution in [0.15, 0.2) is 71.1 Å². The van der Waals surface area contributed by atoms with Crippen LogP contribution in [0.3, 0.4) is 0 Å². The molecule has 0 bridgehead atoms. The minimum Gasteiger partial charge on any atom is -0.495 e. The minimum absolute atomic E-state index is 0.0393. The number of para-hydroxylation sites is 1. The number of furan rings is 1. The van der Waals surface area contributed by atoms with Gasteiger partial charge in [0.05, 0.1) is 17.8 Å². The van der Waals surface area contributed by atoms with Crippen molar-refractivity contribution in [1.82, 2.24) is 0 Å². The number of methoxy groups -OCH3 is 1. The van der Waals surface area contributed by atoms with Crippen molar-refractivity contribution in [3.63, 3.8) is 0 Å². The van der Waals surface area contributed by atoms with Crippen LogP contribution in [0.4, 0.5) is 10.1 Å². The van der Waals surface area contributed by atoms with Crippen molar-refractivity contribution in [3.05, 3.63) is 88.9 Å². The zero-order valence-electron chi connectivity index (χ0n) is 16.9. The van der Waals surface area contributed by atoms with Crippen molar-refractivity contribution in [2.75, 3.05) is 19.0 Å². The lowest BCUT2D eigenvalue weighted by molar-refractivity contribution is -0.118. The van der Waals surface area contributed by atoms with Crippen molar-refractivity contribution >= 4 is 39.9 Å². The summed E-state index contributed by atoms with van der Waals surface area (Å²) in [5.41, 5.74) is 0.934. The van der Waals surface area contributed by atoms with Crippen molar-refractivity contribution < 1.29 is 27.9 Å². The third-order valence-corrected chi connectivity index (χ3v) is 4.96. The lowest BCUT2D eigenvalue weighted by Gasteiger charge is -2.09. The number of halogens is 2. The number of fused-ring (bicyclic) bond motifs is 1. The van der Waals surface area contributed by atoms with Gasteiger partial charge >= 0.3 is 0 Å². The number of rotatable bonds is 7. The van der Waals surface area contributed by atoms with Crippen molar-refractivity contribution in [1.29, 1.82) is 0 Å². The number of hydrogen-bond acceptors (Lipinski definition) is 5. The van der Waals surface area contributed by atoms with Crippen molar-refractivity contribution in [2.45, 2.75) is 0 Å². The third kappa shape index (κ3) is 4.43. The Morgan fingerprint density at radius 3 is 2.53 bits per heavy atom. The first-order valence-electron chi connectivity index (χ1n) is 9.54. The molecule has 32 heavy (non-hydrogen) atoms. The van der Waals surface area contributed by atoms with E-state index in [0.717, 1.165) is 0 Å². The summed E-state index contributed by atoms with van der Waals surface area (Å²) in [6.07, 6.45) is 0. The second-order valence-electron chi connectivity index (χ2n) is 6.77. The third-order valence-electron chi connectivity index (χ3n) is 4.66. The Morgan fingerprint density at radius 1 is 1.06 bits per heavy atom. The second kappa shape index (κ2) is 9.11. The molecule has 4 aromatic rings. The van der Waals surface area contributed by atoms with Gasteiger partial charge in [0.1, 0.15) is 22.9 Å². The van der Waals surface area contributed by atoms with Gasteiger partial charge in [-0.15, -0.1) is 0 Å². The quantitative estimate of drug-likeness (QED) is 0.375. The van der Waals surface area contributed by atoms with Crippen LogP contribution in [-0.2, 0) is 4.79 Å². The molecule has 1 N–H and O–H groups in total. The first-order chi connectivity index (χ1) is 15.5. The van der Waals surface area contributed by atoms with Gasteiger partial charge in [-0.05, 0) is 54.6 Å². The molecule has 0 aliphatic rings. The van der Waals surface area contributed by atoms with Crippen LogP contribution in [-0.4, -0.2) is 25.4 Å². The standard InChI is InChI=1S/C24H17ClFNO5/c1-30-20-11-6-14(12-18(20)25)23(29)24-22(17-4-2-3-5-19(17)32-24)27-21(28)13-31-16-9-7-15(26)8-10-16/h2-12H,13H2,1H3,(H,27,28). The van der Waals surface area contributed by atoms with E-state index < -0.39 is 17.5 Å². The normalized spacial score (nSPS) is 10.7. The van der Waals surface area contributed by atoms with E-state index in [-0.39, 0.29) is 28.6 Å². The molecule has 0 aliphatic heterocycles. The van der Waals surface area contributed by atoms with Crippen molar-refractivity contribution in [2.24, 2.45) is 0 Å². The summed E-state index contributed by atoms with van der Waals surface area (Å²) in [6, 6.07) is 16.8. The van der Waals surface area contributed by atoms with Crippen LogP contribution in [0.1, 0.15) is 16.1 Å². The number of hydrogen-bond donors (Lipinski definition) is 1. The van der Waals surface area contributed by atoms with Gasteiger partial charge in [-0.25, -0.2) is 4.39 Å². The molecular weight excluding hydrogens is 437 g/mol. The fourth-order valence-electron chi connectivity index (χ4n) is 3.12. The number of benzene rings is 3. The molecule has 0 saturated heterocycles. The summed E-state index contributed by atoms with van der Waals surface area (Å²) in [5, 5.41) is 3.52. The highest BCUT2D eigenvalue weighted by molar-refractivity contribution is 6.32. The summed E-state index contributed by atoms with van der Waals surface area (Å²) in [7, 11) is 1.48. The average molecular weight is 454 g/mol. The topological polar surface area (TPSA) is 77.8 Å². The summed E-state index contributed by atoms with van der Waals surface area (Å²) in [5.74, 6) is -0.652. The Kier molecular flexibility index (Phi) is 6.09. The van der Waals surface area contributed by atoms with Crippen molar-refractivity contribution in [3.8, 4) is 11.5 Å². The van der Waals surface area contributed by atoms with Gasteiger partial charge in [0.25, 0.3) is 5.91 Å². The fraction of sp³-hybridized carbons (Fsp3) is 0.0833. The number of ketones is 1. The van der Waals surface area contributed by atoms with Gasteiger partial charge in [0.15, 0.2) is 12.4 Å². The van der Waals surface area contributed by atoms with E-state index in [2.05, 4.69) is 5.32 Å². The molecule has 1 amide bonds. The van der Waals surface area contributed by atoms with Gasteiger partial charge in [0.2, 0.25) is 5.78 Å². The fourth-order valence-corrected chi connectivity index (χ4v) is 3.38. The van der Waals surface area contributed by atoms with Crippen LogP contribution in [0.25, 0.3) is 11.0 Å². The number of ether oxygens (including phenoxy) is 2. The molecule has 0 unspecified atom stereocenters. The molecule has 8 heteroatoms. The predicted molar refractivity (Wildman–Crippen MR) is 118 cm³/mol. The largest absolute Gasteiger partial charge is 0.495 e. The second-order valence-corrected chi connectivity index (χ2v) is 7.18. The van der Waals surface area contributed by atoms with Crippen LogP contribution in [0, 0.1) is 5.82 Å². The van der Waals surface area contributed by atoms with Gasteiger partial charge in [-0.2, -0.15) is 0 Å². The molecule has 0 spiro atoms. The van der Waals surface area contributed by atoms with Crippen LogP contribution in [0.5, 0.6) is 11.5 Å². The zero-order chi connectivity index (χ0) is 22.7. The highest BCUT2D eigenvalue weighted by atomic mass is 35.5. The summed E-state index contributed by atoms with van der Waals surface area (Å²) < 4.78 is 29.3. The SMILES string of the molecule is COc1ccc(C(=O)c2oc3ccccc3c2NC(=O)COc2ccc(F)cc2)cc1Cl. The summed E-state index contributed by atoms with van der Waals surface area (Å²) in [4.78, 5) is 25.7. The van der Waals surface area contributed by atoms with Crippen LogP contribution >= 0.6 is 11.6 Å². The van der Waals surface area contributed by atoms with Gasteiger partial charge in [0, 0.05) is 10.9 Å². The Hall–Kier alpha value is -3.84. The summed E-state index contributed by atoms with van der Waals surface area (Å²) >= 11 is 6.16. The smallest absolute Gasteiger partial charge is 0.262 e. The monoisotopic (exact) mass is 453 g/mol. The van der Waals surface area contributed by atoms with E-state index >= 15 is 0 Å².